The van der Waals surface area contributed by atoms with Crippen molar-refractivity contribution in [2.45, 2.75) is 25.9 Å². The van der Waals surface area contributed by atoms with Crippen molar-refractivity contribution in [3.05, 3.63) is 18.0 Å². The Hall–Kier alpha value is -0.830. The van der Waals surface area contributed by atoms with Crippen LogP contribution in [0.15, 0.2) is 12.3 Å². The standard InChI is InChI=1S/C8H14N2O/c1-3-8(11-2)6-7-4-5-9-10-7/h4-5,8H,3,6H2,1-2H3,(H,9,10). The summed E-state index contributed by atoms with van der Waals surface area (Å²) in [6.45, 7) is 2.12. The highest BCUT2D eigenvalue weighted by Gasteiger charge is 2.05. The number of nitrogens with one attached hydrogen (secondary N) is 1. The summed E-state index contributed by atoms with van der Waals surface area (Å²) in [5, 5.41) is 6.77. The molecule has 0 radical (unpaired) electrons. The Kier molecular flexibility index (Phi) is 3.11. The lowest BCUT2D eigenvalue weighted by Gasteiger charge is -2.10. The van der Waals surface area contributed by atoms with Crippen LogP contribution in [-0.4, -0.2) is 23.4 Å². The molecule has 0 bridgehead atoms. The third-order valence-corrected chi connectivity index (χ3v) is 1.79. The number of hydrogen-bond donors (Lipinski definition) is 1. The SMILES string of the molecule is CCC(Cc1ccn[nH]1)OC. The van der Waals surface area contributed by atoms with Gasteiger partial charge in [0.25, 0.3) is 0 Å². The van der Waals surface area contributed by atoms with Crippen molar-refractivity contribution in [3.63, 3.8) is 0 Å². The number of methoxy groups -OCH3 is 1. The van der Waals surface area contributed by atoms with E-state index in [9.17, 15) is 0 Å². The zero-order chi connectivity index (χ0) is 8.10. The van der Waals surface area contributed by atoms with Crippen molar-refractivity contribution >= 4 is 0 Å². The highest BCUT2D eigenvalue weighted by atomic mass is 16.5. The first-order valence-electron chi connectivity index (χ1n) is 3.87. The first-order valence-corrected chi connectivity index (χ1v) is 3.87. The molecule has 1 rings (SSSR count). The summed E-state index contributed by atoms with van der Waals surface area (Å²) in [6, 6.07) is 1.97. The fraction of sp³-hybridized carbons (Fsp3) is 0.625. The van der Waals surface area contributed by atoms with Crippen LogP contribution >= 0.6 is 0 Å². The molecule has 0 aromatic carbocycles. The Morgan fingerprint density at radius 3 is 3.00 bits per heavy atom. The van der Waals surface area contributed by atoms with Gasteiger partial charge in [0.15, 0.2) is 0 Å². The average molecular weight is 154 g/mol. The molecule has 1 atom stereocenters. The normalized spacial score (nSPS) is 13.3. The first kappa shape index (κ1) is 8.27. The lowest BCUT2D eigenvalue weighted by molar-refractivity contribution is 0.0990. The summed E-state index contributed by atoms with van der Waals surface area (Å²) < 4.78 is 5.22. The van der Waals surface area contributed by atoms with Gasteiger partial charge in [-0.3, -0.25) is 5.10 Å². The Balaban J connectivity index is 2.41. The second kappa shape index (κ2) is 4.13. The highest BCUT2D eigenvalue weighted by molar-refractivity contribution is 4.98. The van der Waals surface area contributed by atoms with Crippen LogP contribution in [-0.2, 0) is 11.2 Å². The van der Waals surface area contributed by atoms with Gasteiger partial charge >= 0.3 is 0 Å². The maximum Gasteiger partial charge on any atom is 0.0623 e. The monoisotopic (exact) mass is 154 g/mol. The van der Waals surface area contributed by atoms with Crippen LogP contribution in [0.3, 0.4) is 0 Å². The third-order valence-electron chi connectivity index (χ3n) is 1.79. The minimum absolute atomic E-state index is 0.315. The van der Waals surface area contributed by atoms with Crippen LogP contribution in [0.5, 0.6) is 0 Å². The predicted octanol–water partition coefficient (Wildman–Crippen LogP) is 1.38. The van der Waals surface area contributed by atoms with Gasteiger partial charge < -0.3 is 4.74 Å². The molecule has 1 aromatic rings. The molecule has 3 nitrogen and oxygen atoms in total. The summed E-state index contributed by atoms with van der Waals surface area (Å²) in [4.78, 5) is 0. The second-order valence-corrected chi connectivity index (χ2v) is 2.55. The van der Waals surface area contributed by atoms with Gasteiger partial charge in [-0.25, -0.2) is 0 Å². The minimum atomic E-state index is 0.315. The zero-order valence-electron chi connectivity index (χ0n) is 7.00. The summed E-state index contributed by atoms with van der Waals surface area (Å²) in [5.74, 6) is 0. The largest absolute Gasteiger partial charge is 0.381 e. The van der Waals surface area contributed by atoms with Gasteiger partial charge in [0.1, 0.15) is 0 Å². The number of nitrogens with zero attached hydrogens (tertiary/aromatic N) is 1. The third kappa shape index (κ3) is 2.35. The number of hydrogen-bond acceptors (Lipinski definition) is 2. The quantitative estimate of drug-likeness (QED) is 0.711. The van der Waals surface area contributed by atoms with Crippen LogP contribution in [0.4, 0.5) is 0 Å². The van der Waals surface area contributed by atoms with Crippen molar-refractivity contribution < 1.29 is 4.74 Å². The second-order valence-electron chi connectivity index (χ2n) is 2.55. The van der Waals surface area contributed by atoms with Gasteiger partial charge in [-0.1, -0.05) is 6.92 Å². The Morgan fingerprint density at radius 2 is 2.55 bits per heavy atom. The molecular weight excluding hydrogens is 140 g/mol. The molecule has 0 spiro atoms. The van der Waals surface area contributed by atoms with Gasteiger partial charge in [-0.2, -0.15) is 5.10 Å². The highest BCUT2D eigenvalue weighted by Crippen LogP contribution is 2.04. The van der Waals surface area contributed by atoms with Gasteiger partial charge in [0.05, 0.1) is 6.10 Å². The lowest BCUT2D eigenvalue weighted by Crippen LogP contribution is -2.12. The number of rotatable bonds is 4. The molecule has 0 aliphatic heterocycles. The van der Waals surface area contributed by atoms with Crippen molar-refractivity contribution in [3.8, 4) is 0 Å². The van der Waals surface area contributed by atoms with E-state index in [2.05, 4.69) is 17.1 Å². The van der Waals surface area contributed by atoms with Gasteiger partial charge in [-0.05, 0) is 12.5 Å². The number of aromatic amines is 1. The average Bonchev–Trinajstić information content (AvgIpc) is 2.52. The number of ether oxygens (including phenoxy) is 1. The molecule has 1 heterocycles. The molecule has 0 amide bonds. The van der Waals surface area contributed by atoms with E-state index >= 15 is 0 Å². The molecule has 0 saturated heterocycles. The molecule has 1 unspecified atom stereocenters. The number of H-pyrrole nitrogens is 1. The Morgan fingerprint density at radius 1 is 1.73 bits per heavy atom. The van der Waals surface area contributed by atoms with E-state index in [4.69, 9.17) is 4.74 Å². The van der Waals surface area contributed by atoms with Crippen LogP contribution in [0, 0.1) is 0 Å². The summed E-state index contributed by atoms with van der Waals surface area (Å²) in [6.07, 6.45) is 4.04. The van der Waals surface area contributed by atoms with E-state index in [1.165, 1.54) is 0 Å². The molecule has 11 heavy (non-hydrogen) atoms. The fourth-order valence-electron chi connectivity index (χ4n) is 1.04. The van der Waals surface area contributed by atoms with E-state index in [-0.39, 0.29) is 0 Å². The van der Waals surface area contributed by atoms with Gasteiger partial charge in [-0.15, -0.1) is 0 Å². The van der Waals surface area contributed by atoms with Crippen molar-refractivity contribution in [2.75, 3.05) is 7.11 Å². The van der Waals surface area contributed by atoms with E-state index in [0.717, 1.165) is 18.5 Å². The Labute approximate surface area is 66.8 Å². The maximum atomic E-state index is 5.22. The van der Waals surface area contributed by atoms with Crippen LogP contribution in [0.25, 0.3) is 0 Å². The smallest absolute Gasteiger partial charge is 0.0623 e. The molecule has 62 valence electrons. The summed E-state index contributed by atoms with van der Waals surface area (Å²) in [5.41, 5.74) is 1.14. The molecule has 0 fully saturated rings. The van der Waals surface area contributed by atoms with Crippen molar-refractivity contribution in [2.24, 2.45) is 0 Å². The summed E-state index contributed by atoms with van der Waals surface area (Å²) >= 11 is 0. The molecule has 0 aliphatic rings. The first-order chi connectivity index (χ1) is 5.36. The maximum absolute atomic E-state index is 5.22. The van der Waals surface area contributed by atoms with E-state index in [1.54, 1.807) is 13.3 Å². The van der Waals surface area contributed by atoms with E-state index < -0.39 is 0 Å². The van der Waals surface area contributed by atoms with Crippen LogP contribution in [0.1, 0.15) is 19.0 Å². The molecule has 0 saturated carbocycles. The topological polar surface area (TPSA) is 37.9 Å². The van der Waals surface area contributed by atoms with E-state index in [0.29, 0.717) is 6.10 Å². The molecular formula is C8H14N2O. The minimum Gasteiger partial charge on any atom is -0.381 e. The van der Waals surface area contributed by atoms with Gasteiger partial charge in [0.2, 0.25) is 0 Å². The number of aromatic nitrogens is 2. The van der Waals surface area contributed by atoms with Crippen LogP contribution in [0.2, 0.25) is 0 Å². The lowest BCUT2D eigenvalue weighted by atomic mass is 10.1. The van der Waals surface area contributed by atoms with Crippen molar-refractivity contribution in [1.29, 1.82) is 0 Å². The van der Waals surface area contributed by atoms with Crippen LogP contribution < -0.4 is 0 Å². The molecule has 1 N–H and O–H groups in total. The summed E-state index contributed by atoms with van der Waals surface area (Å²) in [7, 11) is 1.74. The zero-order valence-corrected chi connectivity index (χ0v) is 7.00. The molecule has 0 aliphatic carbocycles. The van der Waals surface area contributed by atoms with E-state index in [1.807, 2.05) is 6.07 Å². The van der Waals surface area contributed by atoms with Crippen molar-refractivity contribution in [1.82, 2.24) is 10.2 Å². The Bertz CT molecular complexity index is 180. The van der Waals surface area contributed by atoms with Gasteiger partial charge in [0, 0.05) is 25.4 Å². The molecule has 1 aromatic heterocycles. The molecule has 3 heteroatoms. The predicted molar refractivity (Wildman–Crippen MR) is 43.4 cm³/mol. The fourth-order valence-corrected chi connectivity index (χ4v) is 1.04.